The minimum atomic E-state index is 0. The van der Waals surface area contributed by atoms with E-state index < -0.39 is 0 Å². The second kappa shape index (κ2) is 8.41. The normalized spacial score (nSPS) is 11.8. The molecule has 20 heavy (non-hydrogen) atoms. The molecule has 0 aliphatic carbocycles. The summed E-state index contributed by atoms with van der Waals surface area (Å²) in [4.78, 5) is 3.00. The molecular formula is C16H16Cl2N2. The van der Waals surface area contributed by atoms with Crippen molar-refractivity contribution in [2.75, 3.05) is 0 Å². The van der Waals surface area contributed by atoms with Crippen LogP contribution in [0.5, 0.6) is 0 Å². The standard InChI is InChI=1S/C16H15ClN2.ClH/c17-15(11-13-7-3-1-4-8-13)19-16(18)12-14-9-5-2-6-10-14;/h1-11H,12H2,(H2,18,19);1H/b15-11+;. The highest BCUT2D eigenvalue weighted by atomic mass is 35.5. The van der Waals surface area contributed by atoms with Crippen LogP contribution in [0.1, 0.15) is 11.1 Å². The van der Waals surface area contributed by atoms with Gasteiger partial charge >= 0.3 is 0 Å². The van der Waals surface area contributed by atoms with E-state index in [0.29, 0.717) is 17.4 Å². The first-order valence-electron chi connectivity index (χ1n) is 6.08. The average molecular weight is 307 g/mol. The maximum atomic E-state index is 6.13. The Morgan fingerprint density at radius 3 is 2.15 bits per heavy atom. The van der Waals surface area contributed by atoms with Gasteiger partial charge in [-0.2, -0.15) is 0 Å². The second-order valence-corrected chi connectivity index (χ2v) is 4.62. The lowest BCUT2D eigenvalue weighted by Gasteiger charge is -1.97. The Morgan fingerprint density at radius 2 is 1.55 bits per heavy atom. The Bertz CT molecular complexity index is 578. The molecule has 0 aromatic heterocycles. The van der Waals surface area contributed by atoms with Crippen molar-refractivity contribution in [3.8, 4) is 0 Å². The second-order valence-electron chi connectivity index (χ2n) is 4.22. The molecule has 0 heterocycles. The smallest absolute Gasteiger partial charge is 0.250 e. The molecule has 2 nitrogen and oxygen atoms in total. The van der Waals surface area contributed by atoms with Crippen molar-refractivity contribution in [2.24, 2.45) is 5.73 Å². The van der Waals surface area contributed by atoms with Gasteiger partial charge in [0.1, 0.15) is 0 Å². The van der Waals surface area contributed by atoms with Crippen molar-refractivity contribution < 1.29 is 17.4 Å². The SMILES string of the molecule is N/C(Cc1ccccc1)=[NH+]/C(Cl)=C/c1ccccc1.[Cl-]. The minimum Gasteiger partial charge on any atom is -1.00 e. The highest BCUT2D eigenvalue weighted by molar-refractivity contribution is 6.29. The Labute approximate surface area is 130 Å². The summed E-state index contributed by atoms with van der Waals surface area (Å²) in [5.41, 5.74) is 8.13. The molecule has 0 radical (unpaired) electrons. The topological polar surface area (TPSA) is 40.0 Å². The number of halogens is 2. The molecule has 3 N–H and O–H groups in total. The maximum Gasteiger partial charge on any atom is 0.250 e. The quantitative estimate of drug-likeness (QED) is 0.421. The summed E-state index contributed by atoms with van der Waals surface area (Å²) in [6.45, 7) is 0. The summed E-state index contributed by atoms with van der Waals surface area (Å²) in [5.74, 6) is 0.628. The third kappa shape index (κ3) is 5.47. The van der Waals surface area contributed by atoms with Crippen LogP contribution < -0.4 is 23.1 Å². The zero-order chi connectivity index (χ0) is 13.5. The Morgan fingerprint density at radius 1 is 1.00 bits per heavy atom. The van der Waals surface area contributed by atoms with Crippen molar-refractivity contribution in [1.29, 1.82) is 0 Å². The van der Waals surface area contributed by atoms with Gasteiger partial charge in [0, 0.05) is 6.08 Å². The number of nitrogens with one attached hydrogen (secondary N) is 1. The fourth-order valence-electron chi connectivity index (χ4n) is 1.75. The van der Waals surface area contributed by atoms with Crippen LogP contribution in [0.2, 0.25) is 0 Å². The van der Waals surface area contributed by atoms with Crippen molar-refractivity contribution in [3.05, 3.63) is 76.9 Å². The van der Waals surface area contributed by atoms with Gasteiger partial charge in [0.15, 0.2) is 5.16 Å². The molecule has 2 rings (SSSR count). The molecule has 2 aromatic rings. The maximum absolute atomic E-state index is 6.13. The van der Waals surface area contributed by atoms with E-state index in [1.54, 1.807) is 0 Å². The Balaban J connectivity index is 0.00000200. The van der Waals surface area contributed by atoms with Crippen molar-refractivity contribution in [3.63, 3.8) is 0 Å². The molecule has 0 saturated heterocycles. The molecule has 0 amide bonds. The van der Waals surface area contributed by atoms with Crippen LogP contribution in [0.4, 0.5) is 0 Å². The Hall–Kier alpha value is -1.77. The largest absolute Gasteiger partial charge is 1.00 e. The zero-order valence-electron chi connectivity index (χ0n) is 10.9. The first-order chi connectivity index (χ1) is 9.24. The molecular weight excluding hydrogens is 291 g/mol. The van der Waals surface area contributed by atoms with Crippen LogP contribution in [0.15, 0.2) is 65.8 Å². The van der Waals surface area contributed by atoms with Crippen molar-refractivity contribution >= 4 is 23.5 Å². The van der Waals surface area contributed by atoms with Crippen molar-refractivity contribution in [2.45, 2.75) is 6.42 Å². The minimum absolute atomic E-state index is 0. The molecule has 4 heteroatoms. The molecule has 0 spiro atoms. The van der Waals surface area contributed by atoms with Gasteiger partial charge < -0.3 is 12.4 Å². The van der Waals surface area contributed by atoms with Crippen LogP contribution in [0.3, 0.4) is 0 Å². The predicted octanol–water partition coefficient (Wildman–Crippen LogP) is -1.09. The first-order valence-corrected chi connectivity index (χ1v) is 6.46. The number of hydrogen-bond donors (Lipinski definition) is 2. The van der Waals surface area contributed by atoms with Crippen LogP contribution in [-0.2, 0) is 6.42 Å². The number of rotatable bonds is 4. The van der Waals surface area contributed by atoms with Crippen LogP contribution >= 0.6 is 11.6 Å². The molecule has 0 fully saturated rings. The number of benzene rings is 2. The highest BCUT2D eigenvalue weighted by Gasteiger charge is 2.02. The van der Waals surface area contributed by atoms with Gasteiger partial charge in [-0.15, -0.1) is 0 Å². The monoisotopic (exact) mass is 306 g/mol. The van der Waals surface area contributed by atoms with Crippen LogP contribution in [0.25, 0.3) is 6.08 Å². The first kappa shape index (κ1) is 16.3. The van der Waals surface area contributed by atoms with Crippen LogP contribution in [-0.4, -0.2) is 5.84 Å². The molecule has 0 aliphatic heterocycles. The van der Waals surface area contributed by atoms with E-state index >= 15 is 0 Å². The lowest BCUT2D eigenvalue weighted by Crippen LogP contribution is -3.00. The molecule has 0 saturated carbocycles. The van der Waals surface area contributed by atoms with E-state index in [-0.39, 0.29) is 12.4 Å². The van der Waals surface area contributed by atoms with Gasteiger partial charge in [-0.05, 0) is 22.7 Å². The summed E-state index contributed by atoms with van der Waals surface area (Å²) in [6.07, 6.45) is 2.50. The Kier molecular flexibility index (Phi) is 6.85. The number of nitrogens with two attached hydrogens (primary N) is 1. The summed E-state index contributed by atoms with van der Waals surface area (Å²) in [6, 6.07) is 19.9. The molecule has 0 bridgehead atoms. The molecule has 2 aromatic carbocycles. The third-order valence-corrected chi connectivity index (χ3v) is 2.81. The number of hydrogen-bond acceptors (Lipinski definition) is 0. The lowest BCUT2D eigenvalue weighted by atomic mass is 10.1. The van der Waals surface area contributed by atoms with Gasteiger partial charge in [-0.25, -0.2) is 4.99 Å². The van der Waals surface area contributed by atoms with Gasteiger partial charge in [0.2, 0.25) is 0 Å². The number of amidine groups is 1. The molecule has 104 valence electrons. The average Bonchev–Trinajstić information content (AvgIpc) is 2.40. The van der Waals surface area contributed by atoms with Gasteiger partial charge in [0.25, 0.3) is 5.84 Å². The highest BCUT2D eigenvalue weighted by Crippen LogP contribution is 2.04. The zero-order valence-corrected chi connectivity index (χ0v) is 12.4. The van der Waals surface area contributed by atoms with E-state index in [1.807, 2.05) is 66.7 Å². The summed E-state index contributed by atoms with van der Waals surface area (Å²) in [5, 5.41) is 0.514. The molecule has 0 aliphatic rings. The summed E-state index contributed by atoms with van der Waals surface area (Å²) >= 11 is 6.13. The van der Waals surface area contributed by atoms with E-state index in [9.17, 15) is 0 Å². The van der Waals surface area contributed by atoms with E-state index in [1.165, 1.54) is 0 Å². The summed E-state index contributed by atoms with van der Waals surface area (Å²) in [7, 11) is 0. The van der Waals surface area contributed by atoms with Gasteiger partial charge in [0.05, 0.1) is 6.42 Å². The third-order valence-electron chi connectivity index (χ3n) is 2.61. The van der Waals surface area contributed by atoms with Gasteiger partial charge in [-0.3, -0.25) is 5.73 Å². The lowest BCUT2D eigenvalue weighted by molar-refractivity contribution is -0.384. The van der Waals surface area contributed by atoms with E-state index in [2.05, 4.69) is 4.99 Å². The van der Waals surface area contributed by atoms with E-state index in [0.717, 1.165) is 11.1 Å². The fourth-order valence-corrected chi connectivity index (χ4v) is 1.99. The van der Waals surface area contributed by atoms with Crippen molar-refractivity contribution in [1.82, 2.24) is 0 Å². The summed E-state index contributed by atoms with van der Waals surface area (Å²) < 4.78 is 0. The fraction of sp³-hybridized carbons (Fsp3) is 0.0625. The molecule has 0 unspecified atom stereocenters. The molecule has 0 atom stereocenters. The van der Waals surface area contributed by atoms with Crippen LogP contribution in [0, 0.1) is 0 Å². The van der Waals surface area contributed by atoms with E-state index in [4.69, 9.17) is 17.3 Å². The predicted molar refractivity (Wildman–Crippen MR) is 80.6 cm³/mol. The van der Waals surface area contributed by atoms with Gasteiger partial charge in [-0.1, -0.05) is 60.7 Å².